The van der Waals surface area contributed by atoms with E-state index in [9.17, 15) is 43.2 Å². The van der Waals surface area contributed by atoms with Crippen LogP contribution in [0.4, 0.5) is 0 Å². The first kappa shape index (κ1) is 110. The minimum Gasteiger partial charge on any atom is -0.357 e. The number of imide groups is 3. The van der Waals surface area contributed by atoms with Crippen LogP contribution >= 0.6 is 0 Å². The molecule has 29 heteroatoms. The lowest BCUT2D eigenvalue weighted by atomic mass is 10.1. The SMILES string of the molecule is CN1C(=O)C=CC1=O.CN1C(=O)CCC1=O.CN1C(=O)c2ccccc2C1=O.CN1CCCC1.CN1CCCC1.CN1CCCC1=O.CN1CCCCC1.CN1CCCCC1.CN1CCCCC1.CN1CCCCC1=O.CN1CCCCCC1.CN1CCCCCC1=O.CN1CCN(C)CC1.CN1CCN(O)CC1.Cn1cccc1.Cn1cccn1. The fourth-order valence-corrected chi connectivity index (χ4v) is 13.9. The average Bonchev–Trinajstić information content (AvgIpc) is 1.65. The molecule has 0 radical (unpaired) electrons. The number of likely N-dealkylation sites (tertiary alicyclic amines) is 10. The van der Waals surface area contributed by atoms with Gasteiger partial charge in [-0.1, -0.05) is 50.7 Å². The Labute approximate surface area is 731 Å². The Morgan fingerprint density at radius 1 is 0.248 bits per heavy atom. The third-order valence-electron chi connectivity index (χ3n) is 22.8. The number of aryl methyl sites for hydroxylation is 2. The minimum absolute atomic E-state index is 0.0602. The van der Waals surface area contributed by atoms with Crippen LogP contribution in [0.25, 0.3) is 0 Å². The molecule has 690 valence electrons. The molecular weight excluding hydrogens is 1530 g/mol. The number of nitrogens with zero attached hydrogens (tertiary/aromatic N) is 19. The van der Waals surface area contributed by atoms with Crippen LogP contribution in [-0.2, 0) is 47.7 Å². The largest absolute Gasteiger partial charge is 0.357 e. The highest BCUT2D eigenvalue weighted by Gasteiger charge is 2.32. The smallest absolute Gasteiger partial charge is 0.261 e. The Morgan fingerprint density at radius 2 is 0.512 bits per heavy atom. The van der Waals surface area contributed by atoms with Crippen molar-refractivity contribution in [2.45, 2.75) is 180 Å². The van der Waals surface area contributed by atoms with Gasteiger partial charge in [0.25, 0.3) is 23.6 Å². The van der Waals surface area contributed by atoms with Gasteiger partial charge in [0.15, 0.2) is 0 Å². The van der Waals surface area contributed by atoms with Crippen molar-refractivity contribution in [3.63, 3.8) is 0 Å². The molecule has 3 aromatic rings. The van der Waals surface area contributed by atoms with Gasteiger partial charge in [-0.2, -0.15) is 10.2 Å². The average molecular weight is 1700 g/mol. The van der Waals surface area contributed by atoms with Gasteiger partial charge >= 0.3 is 0 Å². The van der Waals surface area contributed by atoms with Gasteiger partial charge in [0.2, 0.25) is 29.5 Å². The van der Waals surface area contributed by atoms with E-state index in [0.29, 0.717) is 41.7 Å². The zero-order valence-corrected chi connectivity index (χ0v) is 78.7. The molecule has 9 amide bonds. The second-order valence-corrected chi connectivity index (χ2v) is 34.2. The zero-order chi connectivity index (χ0) is 89.7. The number of fused-ring (bicyclic) bond motifs is 1. The predicted octanol–water partition coefficient (Wildman–Crippen LogP) is 9.26. The Hall–Kier alpha value is -7.16. The van der Waals surface area contributed by atoms with Crippen molar-refractivity contribution in [1.29, 1.82) is 0 Å². The van der Waals surface area contributed by atoms with E-state index in [0.717, 1.165) is 94.1 Å². The van der Waals surface area contributed by atoms with Gasteiger partial charge in [-0.05, 0) is 281 Å². The summed E-state index contributed by atoms with van der Waals surface area (Å²) in [5.41, 5.74) is 1.01. The molecular formula is C92H167N19O10. The van der Waals surface area contributed by atoms with E-state index in [2.05, 4.69) is 113 Å². The van der Waals surface area contributed by atoms with Crippen LogP contribution < -0.4 is 0 Å². The molecule has 1 N–H and O–H groups in total. The number of carbonyl (C=O) groups excluding carboxylic acids is 9. The third-order valence-corrected chi connectivity index (χ3v) is 22.8. The van der Waals surface area contributed by atoms with Crippen LogP contribution in [0, 0.1) is 0 Å². The van der Waals surface area contributed by atoms with Crippen LogP contribution in [0.3, 0.4) is 0 Å². The van der Waals surface area contributed by atoms with E-state index in [1.807, 2.05) is 81.5 Å². The standard InChI is InChI=1S/C9H7NO2.C7H13NO.C7H15N.C6H14N2.C6H11NO.3C6H13N.C5H12N2O.C5H7NO2.C5H5NO2.C5H9NO.2C5H11N.C5H7N.C4H6N2/c1-10-8(11)6-4-2-3-5-7(6)9(10)12;1-8-6-4-2-3-5-7(8)9;1-8-6-4-2-3-5-7-8;1-7-3-5-8(2)6-4-7;1-7-5-3-2-4-6(7)8;3*1-7-5-3-2-4-6-7;1-6-2-4-7(8)5-3-6;2*1-6-4(7)2-3-5(6)8;1-6-4-2-3-5(6)7;4*1-6-4-2-3-5-6/h2-5H,1H3;2-6H2,1H3;2-7H2,1H3;3-6H2,1-2H3;2-5H2,1H3;3*2-6H2,1H3;8H,2-5H2,1H3;2-3H2,1H3;2-3H,1H3;2-4H2,1H3;2*2-5H2,1H3;2-5H,1H3;2-4H,1H3. The summed E-state index contributed by atoms with van der Waals surface area (Å²) < 4.78 is 3.75. The van der Waals surface area contributed by atoms with E-state index in [1.165, 1.54) is 276 Å². The van der Waals surface area contributed by atoms with Crippen LogP contribution in [0.5, 0.6) is 0 Å². The Balaban J connectivity index is 0.000000439. The van der Waals surface area contributed by atoms with Crippen molar-refractivity contribution in [2.24, 2.45) is 14.1 Å². The number of amides is 9. The van der Waals surface area contributed by atoms with E-state index < -0.39 is 0 Å². The Morgan fingerprint density at radius 3 is 0.744 bits per heavy atom. The lowest BCUT2D eigenvalue weighted by molar-refractivity contribution is -0.137. The molecule has 0 atom stereocenters. The Bertz CT molecular complexity index is 3040. The van der Waals surface area contributed by atoms with Gasteiger partial charge in [-0.25, -0.2) is 0 Å². The molecule has 0 saturated carbocycles. The van der Waals surface area contributed by atoms with Crippen molar-refractivity contribution in [2.75, 3.05) is 256 Å². The van der Waals surface area contributed by atoms with Gasteiger partial charge in [-0.15, -0.1) is 0 Å². The van der Waals surface area contributed by atoms with Crippen molar-refractivity contribution >= 4 is 53.2 Å². The molecule has 0 spiro atoms. The lowest BCUT2D eigenvalue weighted by Crippen LogP contribution is -2.42. The molecule has 0 aliphatic carbocycles. The molecule has 14 aliphatic rings. The fraction of sp³-hybridized carbons (Fsp3) is 0.739. The van der Waals surface area contributed by atoms with Crippen molar-refractivity contribution in [3.8, 4) is 0 Å². The second kappa shape index (κ2) is 67.3. The summed E-state index contributed by atoms with van der Waals surface area (Å²) in [5, 5.41) is 14.0. The van der Waals surface area contributed by atoms with E-state index in [-0.39, 0.29) is 35.4 Å². The van der Waals surface area contributed by atoms with Gasteiger partial charge in [0.05, 0.1) is 11.1 Å². The molecule has 16 heterocycles. The summed E-state index contributed by atoms with van der Waals surface area (Å²) in [6.45, 7) is 27.2. The summed E-state index contributed by atoms with van der Waals surface area (Å²) in [6, 6.07) is 12.7. The maximum absolute atomic E-state index is 11.3. The van der Waals surface area contributed by atoms with Crippen molar-refractivity contribution in [1.82, 2.24) is 92.9 Å². The van der Waals surface area contributed by atoms with E-state index >= 15 is 0 Å². The highest BCUT2D eigenvalue weighted by Crippen LogP contribution is 2.21. The number of likely N-dealkylation sites (N-methyl/N-ethyl adjacent to an activating group) is 4. The zero-order valence-electron chi connectivity index (χ0n) is 78.7. The fourth-order valence-electron chi connectivity index (χ4n) is 13.9. The van der Waals surface area contributed by atoms with E-state index in [4.69, 9.17) is 5.21 Å². The van der Waals surface area contributed by atoms with Crippen LogP contribution in [0.2, 0.25) is 0 Å². The maximum atomic E-state index is 11.3. The maximum Gasteiger partial charge on any atom is 0.261 e. The molecule has 14 aliphatic heterocycles. The molecule has 17 rings (SSSR count). The molecule has 12 saturated heterocycles. The molecule has 121 heavy (non-hydrogen) atoms. The quantitative estimate of drug-likeness (QED) is 0.206. The minimum atomic E-state index is -0.241. The topological polar surface area (TPSA) is 248 Å². The number of piperazine rings is 2. The summed E-state index contributed by atoms with van der Waals surface area (Å²) >= 11 is 0. The number of hydrogen-bond acceptors (Lipinski definition) is 21. The number of rotatable bonds is 0. The third kappa shape index (κ3) is 54.3. The van der Waals surface area contributed by atoms with Crippen LogP contribution in [0.15, 0.2) is 79.4 Å². The number of benzene rings is 1. The van der Waals surface area contributed by atoms with Gasteiger partial charge in [-0.3, -0.25) is 62.5 Å². The van der Waals surface area contributed by atoms with Gasteiger partial charge in [0.1, 0.15) is 0 Å². The van der Waals surface area contributed by atoms with Crippen LogP contribution in [-0.4, -0.2) is 408 Å². The second-order valence-electron chi connectivity index (χ2n) is 34.2. The number of hydroxylamine groups is 2. The summed E-state index contributed by atoms with van der Waals surface area (Å²) in [5.74, 6) is -0.120. The molecule has 29 nitrogen and oxygen atoms in total. The first-order valence-electron chi connectivity index (χ1n) is 45.3. The summed E-state index contributed by atoms with van der Waals surface area (Å²) in [7, 11) is 33.5. The molecule has 0 unspecified atom stereocenters. The normalized spacial score (nSPS) is 21.3. The number of piperidine rings is 4. The molecule has 12 fully saturated rings. The van der Waals surface area contributed by atoms with Crippen molar-refractivity contribution < 1.29 is 48.4 Å². The lowest BCUT2D eigenvalue weighted by Gasteiger charge is -2.28. The van der Waals surface area contributed by atoms with Gasteiger partial charge in [0, 0.05) is 197 Å². The Kier molecular flexibility index (Phi) is 61.1. The monoisotopic (exact) mass is 1700 g/mol. The highest BCUT2D eigenvalue weighted by atomic mass is 16.5. The highest BCUT2D eigenvalue weighted by molar-refractivity contribution is 6.21. The number of hydrogen-bond donors (Lipinski definition) is 1. The first-order valence-corrected chi connectivity index (χ1v) is 45.3. The number of carbonyl (C=O) groups is 9. The summed E-state index contributed by atoms with van der Waals surface area (Å²) in [4.78, 5) is 127. The van der Waals surface area contributed by atoms with Gasteiger partial charge < -0.3 is 68.6 Å². The van der Waals surface area contributed by atoms with Crippen molar-refractivity contribution in [3.05, 3.63) is 90.5 Å². The molecule has 0 bridgehead atoms. The van der Waals surface area contributed by atoms with Crippen LogP contribution in [0.1, 0.15) is 200 Å². The predicted molar refractivity (Wildman–Crippen MR) is 489 cm³/mol. The number of aromatic nitrogens is 3. The van der Waals surface area contributed by atoms with E-state index in [1.54, 1.807) is 44.9 Å². The molecule has 2 aromatic heterocycles. The summed E-state index contributed by atoms with van der Waals surface area (Å²) in [6.07, 6.45) is 44.2. The first-order chi connectivity index (χ1) is 57.8. The molecule has 1 aromatic carbocycles.